The normalized spacial score (nSPS) is 34.8. The number of nitrogens with one attached hydrogen (secondary N) is 1. The molecule has 2 saturated heterocycles. The summed E-state index contributed by atoms with van der Waals surface area (Å²) in [5.41, 5.74) is 0. The predicted molar refractivity (Wildman–Crippen MR) is 68.4 cm³/mol. The molecule has 2 heterocycles. The Bertz CT molecular complexity index is 370. The quantitative estimate of drug-likeness (QED) is 0.778. The molecule has 0 aromatic heterocycles. The van der Waals surface area contributed by atoms with E-state index in [4.69, 9.17) is 0 Å². The Kier molecular flexibility index (Phi) is 3.99. The monoisotopic (exact) mass is 281 g/mol. The van der Waals surface area contributed by atoms with E-state index in [1.165, 1.54) is 6.42 Å². The van der Waals surface area contributed by atoms with Crippen LogP contribution in [0.15, 0.2) is 0 Å². The molecule has 1 aliphatic carbocycles. The average molecular weight is 282 g/mol. The van der Waals surface area contributed by atoms with Gasteiger partial charge in [-0.25, -0.2) is 0 Å². The Morgan fingerprint density at radius 2 is 1.82 bits per heavy atom. The molecule has 0 radical (unpaired) electrons. The summed E-state index contributed by atoms with van der Waals surface area (Å²) < 4.78 is 28.2. The maximum Gasteiger partial charge on any atom is 0.282 e. The highest BCUT2D eigenvalue weighted by molar-refractivity contribution is 7.86. The molecule has 2 aliphatic heterocycles. The molecule has 100 valence electrons. The SMILES string of the molecule is Cl.O=S(=O)(N1CCNCC1)N1CC2CCC1C2. The van der Waals surface area contributed by atoms with Crippen molar-refractivity contribution in [3.8, 4) is 0 Å². The lowest BCUT2D eigenvalue weighted by molar-refractivity contribution is 0.279. The predicted octanol–water partition coefficient (Wildman–Crippen LogP) is 0.0425. The van der Waals surface area contributed by atoms with E-state index in [1.54, 1.807) is 8.61 Å². The van der Waals surface area contributed by atoms with E-state index in [0.717, 1.165) is 32.5 Å². The van der Waals surface area contributed by atoms with Crippen molar-refractivity contribution in [1.29, 1.82) is 0 Å². The summed E-state index contributed by atoms with van der Waals surface area (Å²) in [6.45, 7) is 3.56. The van der Waals surface area contributed by atoms with Gasteiger partial charge >= 0.3 is 0 Å². The molecular weight excluding hydrogens is 262 g/mol. The Hall–Kier alpha value is 0.120. The molecule has 17 heavy (non-hydrogen) atoms. The largest absolute Gasteiger partial charge is 0.314 e. The zero-order valence-electron chi connectivity index (χ0n) is 9.84. The molecule has 1 saturated carbocycles. The van der Waals surface area contributed by atoms with E-state index in [2.05, 4.69) is 5.32 Å². The summed E-state index contributed by atoms with van der Waals surface area (Å²) in [4.78, 5) is 0. The Morgan fingerprint density at radius 3 is 2.35 bits per heavy atom. The number of fused-ring (bicyclic) bond motifs is 2. The number of piperidine rings is 1. The molecule has 3 rings (SSSR count). The second-order valence-corrected chi connectivity index (χ2v) is 6.94. The maximum absolute atomic E-state index is 12.4. The summed E-state index contributed by atoms with van der Waals surface area (Å²) in [6.07, 6.45) is 3.37. The van der Waals surface area contributed by atoms with Crippen molar-refractivity contribution in [3.05, 3.63) is 0 Å². The minimum Gasteiger partial charge on any atom is -0.314 e. The summed E-state index contributed by atoms with van der Waals surface area (Å²) >= 11 is 0. The zero-order chi connectivity index (χ0) is 11.2. The molecule has 1 N–H and O–H groups in total. The first-order valence-corrected chi connectivity index (χ1v) is 7.55. The highest BCUT2D eigenvalue weighted by Crippen LogP contribution is 2.39. The smallest absolute Gasteiger partial charge is 0.282 e. The maximum atomic E-state index is 12.4. The Balaban J connectivity index is 0.00000108. The van der Waals surface area contributed by atoms with Crippen LogP contribution in [0.5, 0.6) is 0 Å². The van der Waals surface area contributed by atoms with Crippen LogP contribution in [0, 0.1) is 5.92 Å². The first-order valence-electron chi connectivity index (χ1n) is 6.15. The summed E-state index contributed by atoms with van der Waals surface area (Å²) in [6, 6.07) is 0.296. The lowest BCUT2D eigenvalue weighted by atomic mass is 10.1. The second kappa shape index (κ2) is 5.01. The van der Waals surface area contributed by atoms with Gasteiger partial charge < -0.3 is 5.32 Å². The fourth-order valence-electron chi connectivity index (χ4n) is 3.19. The van der Waals surface area contributed by atoms with Gasteiger partial charge in [-0.3, -0.25) is 0 Å². The Morgan fingerprint density at radius 1 is 1.12 bits per heavy atom. The van der Waals surface area contributed by atoms with E-state index in [-0.39, 0.29) is 12.4 Å². The molecule has 0 aromatic rings. The van der Waals surface area contributed by atoms with Crippen LogP contribution in [0.25, 0.3) is 0 Å². The van der Waals surface area contributed by atoms with Crippen LogP contribution >= 0.6 is 12.4 Å². The van der Waals surface area contributed by atoms with E-state index in [1.807, 2.05) is 0 Å². The third-order valence-electron chi connectivity index (χ3n) is 4.06. The van der Waals surface area contributed by atoms with Gasteiger partial charge in [0.15, 0.2) is 0 Å². The summed E-state index contributed by atoms with van der Waals surface area (Å²) in [5.74, 6) is 0.627. The highest BCUT2D eigenvalue weighted by Gasteiger charge is 2.45. The highest BCUT2D eigenvalue weighted by atomic mass is 35.5. The topological polar surface area (TPSA) is 52.7 Å². The van der Waals surface area contributed by atoms with Crippen molar-refractivity contribution in [1.82, 2.24) is 13.9 Å². The molecule has 7 heteroatoms. The van der Waals surface area contributed by atoms with Gasteiger partial charge in [-0.05, 0) is 25.2 Å². The molecule has 0 spiro atoms. The van der Waals surface area contributed by atoms with Crippen molar-refractivity contribution in [3.63, 3.8) is 0 Å². The van der Waals surface area contributed by atoms with Crippen LogP contribution in [0.3, 0.4) is 0 Å². The van der Waals surface area contributed by atoms with E-state index in [9.17, 15) is 8.42 Å². The third kappa shape index (κ3) is 2.33. The number of rotatable bonds is 2. The van der Waals surface area contributed by atoms with Crippen molar-refractivity contribution in [2.75, 3.05) is 32.7 Å². The van der Waals surface area contributed by atoms with E-state index >= 15 is 0 Å². The fraction of sp³-hybridized carbons (Fsp3) is 1.00. The molecule has 2 atom stereocenters. The van der Waals surface area contributed by atoms with Crippen molar-refractivity contribution in [2.24, 2.45) is 5.92 Å². The molecule has 3 aliphatic rings. The minimum absolute atomic E-state index is 0. The van der Waals surface area contributed by atoms with E-state index in [0.29, 0.717) is 25.0 Å². The molecule has 2 bridgehead atoms. The number of piperazine rings is 1. The number of hydrogen-bond acceptors (Lipinski definition) is 3. The first-order chi connectivity index (χ1) is 7.68. The molecular formula is C10H20ClN3O2S. The van der Waals surface area contributed by atoms with Gasteiger partial charge in [-0.15, -0.1) is 12.4 Å². The molecule has 0 amide bonds. The van der Waals surface area contributed by atoms with Gasteiger partial charge in [0.1, 0.15) is 0 Å². The zero-order valence-corrected chi connectivity index (χ0v) is 11.5. The molecule has 3 fully saturated rings. The summed E-state index contributed by atoms with van der Waals surface area (Å²) in [7, 11) is -3.17. The van der Waals surface area contributed by atoms with Crippen LogP contribution in [0.1, 0.15) is 19.3 Å². The standard InChI is InChI=1S/C10H19N3O2S.ClH/c14-16(15,12-5-3-11-4-6-12)13-8-9-1-2-10(13)7-9;/h9-11H,1-8H2;1H. The van der Waals surface area contributed by atoms with Crippen LogP contribution < -0.4 is 5.32 Å². The first kappa shape index (κ1) is 13.5. The lowest BCUT2D eigenvalue weighted by Crippen LogP contribution is -2.53. The van der Waals surface area contributed by atoms with Gasteiger partial charge in [0.25, 0.3) is 10.2 Å². The number of halogens is 1. The third-order valence-corrected chi connectivity index (χ3v) is 6.12. The van der Waals surface area contributed by atoms with Gasteiger partial charge in [0.05, 0.1) is 0 Å². The Labute approximate surface area is 109 Å². The fourth-order valence-corrected chi connectivity index (χ4v) is 5.09. The average Bonchev–Trinajstić information content (AvgIpc) is 2.92. The van der Waals surface area contributed by atoms with Gasteiger partial charge in [-0.2, -0.15) is 17.0 Å². The minimum atomic E-state index is -3.17. The van der Waals surface area contributed by atoms with Crippen molar-refractivity contribution in [2.45, 2.75) is 25.3 Å². The van der Waals surface area contributed by atoms with Crippen LogP contribution in [-0.4, -0.2) is 55.8 Å². The number of hydrogen-bond donors (Lipinski definition) is 1. The lowest BCUT2D eigenvalue weighted by Gasteiger charge is -2.34. The van der Waals surface area contributed by atoms with Crippen molar-refractivity contribution >= 4 is 22.6 Å². The van der Waals surface area contributed by atoms with Crippen LogP contribution in [0.4, 0.5) is 0 Å². The van der Waals surface area contributed by atoms with Crippen LogP contribution in [-0.2, 0) is 10.2 Å². The van der Waals surface area contributed by atoms with Gasteiger partial charge in [-0.1, -0.05) is 0 Å². The number of nitrogens with zero attached hydrogens (tertiary/aromatic N) is 2. The molecule has 5 nitrogen and oxygen atoms in total. The summed E-state index contributed by atoms with van der Waals surface area (Å²) in [5, 5.41) is 3.19. The van der Waals surface area contributed by atoms with Gasteiger partial charge in [0, 0.05) is 38.8 Å². The second-order valence-electron chi connectivity index (χ2n) is 5.06. The van der Waals surface area contributed by atoms with Crippen molar-refractivity contribution < 1.29 is 8.42 Å². The van der Waals surface area contributed by atoms with Gasteiger partial charge in [0.2, 0.25) is 0 Å². The van der Waals surface area contributed by atoms with E-state index < -0.39 is 10.2 Å². The molecule has 2 unspecified atom stereocenters. The molecule has 0 aromatic carbocycles. The van der Waals surface area contributed by atoms with Crippen LogP contribution in [0.2, 0.25) is 0 Å².